The zero-order valence-electron chi connectivity index (χ0n) is 41.4. The minimum Gasteiger partial charge on any atom is -0.310 e. The molecule has 0 bridgehead atoms. The van der Waals surface area contributed by atoms with Crippen molar-refractivity contribution in [3.63, 3.8) is 0 Å². The summed E-state index contributed by atoms with van der Waals surface area (Å²) >= 11 is 1.87. The maximum absolute atomic E-state index is 2.50. The molecule has 0 amide bonds. The first kappa shape index (κ1) is 42.9. The topological polar surface area (TPSA) is 8.17 Å². The van der Waals surface area contributed by atoms with Crippen molar-refractivity contribution in [1.29, 1.82) is 0 Å². The van der Waals surface area contributed by atoms with Gasteiger partial charge in [0.2, 0.25) is 0 Å². The average molecular weight is 983 g/mol. The van der Waals surface area contributed by atoms with Crippen LogP contribution in [-0.4, -0.2) is 4.57 Å². The third kappa shape index (κ3) is 6.21. The molecule has 0 aliphatic heterocycles. The quantitative estimate of drug-likeness (QED) is 0.154. The minimum atomic E-state index is -0.460. The van der Waals surface area contributed by atoms with Gasteiger partial charge in [-0.25, -0.2) is 0 Å². The van der Waals surface area contributed by atoms with Gasteiger partial charge in [0, 0.05) is 53.6 Å². The molecule has 0 atom stereocenters. The SMILES string of the molecule is c1ccc(-c2ccc3sc4ccc(-c5ccc(N(c6ccc(-c7cccc8c7c7ccccc7n8-c7ccccc7)cc6)c6cccc7c6-c6ccccc6C76c7ccccc7-c7ccccc76)cc5)cc4c3c2)cc1. The van der Waals surface area contributed by atoms with Crippen LogP contribution in [0.4, 0.5) is 17.1 Å². The lowest BCUT2D eigenvalue weighted by atomic mass is 9.70. The zero-order valence-corrected chi connectivity index (χ0v) is 42.2. The molecule has 2 aliphatic rings. The molecule has 2 heterocycles. The Labute approximate surface area is 445 Å². The summed E-state index contributed by atoms with van der Waals surface area (Å²) in [4.78, 5) is 2.50. The number of hydrogen-bond donors (Lipinski definition) is 0. The van der Waals surface area contributed by atoms with Gasteiger partial charge in [0.25, 0.3) is 0 Å². The fraction of sp³-hybridized carbons (Fsp3) is 0.0137. The van der Waals surface area contributed by atoms with Crippen molar-refractivity contribution in [2.45, 2.75) is 5.41 Å². The summed E-state index contributed by atoms with van der Waals surface area (Å²) < 4.78 is 5.01. The van der Waals surface area contributed by atoms with Gasteiger partial charge in [0.1, 0.15) is 0 Å². The van der Waals surface area contributed by atoms with Gasteiger partial charge in [-0.15, -0.1) is 11.3 Å². The Morgan fingerprint density at radius 1 is 0.316 bits per heavy atom. The Hall–Kier alpha value is -9.54. The van der Waals surface area contributed by atoms with E-state index in [9.17, 15) is 0 Å². The van der Waals surface area contributed by atoms with E-state index in [1.807, 2.05) is 11.3 Å². The molecule has 354 valence electrons. The van der Waals surface area contributed by atoms with E-state index in [4.69, 9.17) is 0 Å². The van der Waals surface area contributed by atoms with Gasteiger partial charge in [-0.2, -0.15) is 0 Å². The summed E-state index contributed by atoms with van der Waals surface area (Å²) in [6, 6.07) is 104. The van der Waals surface area contributed by atoms with E-state index in [0.29, 0.717) is 0 Å². The van der Waals surface area contributed by atoms with Crippen molar-refractivity contribution in [3.8, 4) is 61.3 Å². The van der Waals surface area contributed by atoms with E-state index in [2.05, 4.69) is 289 Å². The highest BCUT2D eigenvalue weighted by Gasteiger charge is 2.52. The van der Waals surface area contributed by atoms with Crippen LogP contribution in [0.15, 0.2) is 279 Å². The molecule has 76 heavy (non-hydrogen) atoms. The summed E-state index contributed by atoms with van der Waals surface area (Å²) in [6.07, 6.45) is 0. The second kappa shape index (κ2) is 16.7. The smallest absolute Gasteiger partial charge is 0.0726 e. The molecule has 2 aromatic heterocycles. The summed E-state index contributed by atoms with van der Waals surface area (Å²) in [5.41, 5.74) is 24.2. The monoisotopic (exact) mass is 982 g/mol. The maximum Gasteiger partial charge on any atom is 0.0726 e. The predicted molar refractivity (Wildman–Crippen MR) is 321 cm³/mol. The zero-order chi connectivity index (χ0) is 49.9. The van der Waals surface area contributed by atoms with E-state index in [-0.39, 0.29) is 0 Å². The fourth-order valence-corrected chi connectivity index (χ4v) is 14.3. The summed E-state index contributed by atoms with van der Waals surface area (Å²) in [6.45, 7) is 0. The van der Waals surface area contributed by atoms with Crippen LogP contribution in [0.2, 0.25) is 0 Å². The molecule has 1 spiro atoms. The van der Waals surface area contributed by atoms with Crippen LogP contribution in [0.25, 0.3) is 103 Å². The molecular formula is C73H46N2S. The van der Waals surface area contributed by atoms with Gasteiger partial charge >= 0.3 is 0 Å². The van der Waals surface area contributed by atoms with E-state index in [0.717, 1.165) is 22.7 Å². The molecule has 2 nitrogen and oxygen atoms in total. The molecular weight excluding hydrogens is 937 g/mol. The van der Waals surface area contributed by atoms with Crippen molar-refractivity contribution in [2.24, 2.45) is 0 Å². The van der Waals surface area contributed by atoms with Crippen LogP contribution in [0.3, 0.4) is 0 Å². The lowest BCUT2D eigenvalue weighted by Gasteiger charge is -2.32. The Morgan fingerprint density at radius 2 is 0.789 bits per heavy atom. The summed E-state index contributed by atoms with van der Waals surface area (Å²) in [7, 11) is 0. The molecule has 12 aromatic carbocycles. The Morgan fingerprint density at radius 3 is 1.45 bits per heavy atom. The van der Waals surface area contributed by atoms with Crippen molar-refractivity contribution in [1.82, 2.24) is 4.57 Å². The molecule has 0 N–H and O–H groups in total. The first-order chi connectivity index (χ1) is 37.7. The van der Waals surface area contributed by atoms with Crippen molar-refractivity contribution >= 4 is 70.4 Å². The van der Waals surface area contributed by atoms with Gasteiger partial charge in [-0.1, -0.05) is 200 Å². The average Bonchev–Trinajstić information content (AvgIpc) is 4.19. The van der Waals surface area contributed by atoms with Crippen molar-refractivity contribution in [2.75, 3.05) is 4.90 Å². The molecule has 0 radical (unpaired) electrons. The minimum absolute atomic E-state index is 0.460. The van der Waals surface area contributed by atoms with Crippen LogP contribution >= 0.6 is 11.3 Å². The highest BCUT2D eigenvalue weighted by atomic mass is 32.1. The lowest BCUT2D eigenvalue weighted by molar-refractivity contribution is 0.794. The standard InChI is InChI=1S/C73H46N2S/c1-3-17-47(18-4-1)50-37-43-69-60(45-50)61-46-51(38-44-70(61)76-69)48-33-39-53(40-34-48)74(54-41-35-49(36-42-54)55-25-15-31-67-71(55)59-24-10-14-30-66(59)75(67)52-19-5-2-6-20-52)68-32-16-29-65-72(68)58-23-9-13-28-64(58)73(65)62-26-11-7-21-56(62)57-22-8-12-27-63(57)73/h1-46H. The third-order valence-corrected chi connectivity index (χ3v) is 17.6. The first-order valence-electron chi connectivity index (χ1n) is 26.2. The molecule has 0 saturated carbocycles. The Kier molecular flexibility index (Phi) is 9.45. The number of para-hydroxylation sites is 2. The second-order valence-corrected chi connectivity index (χ2v) is 21.4. The van der Waals surface area contributed by atoms with Gasteiger partial charge in [0.15, 0.2) is 0 Å². The largest absolute Gasteiger partial charge is 0.310 e. The fourth-order valence-electron chi connectivity index (χ4n) is 13.2. The van der Waals surface area contributed by atoms with Crippen LogP contribution in [0, 0.1) is 0 Å². The first-order valence-corrected chi connectivity index (χ1v) is 27.1. The van der Waals surface area contributed by atoms with Crippen LogP contribution in [0.5, 0.6) is 0 Å². The number of anilines is 3. The number of thiophene rings is 1. The second-order valence-electron chi connectivity index (χ2n) is 20.3. The lowest BCUT2D eigenvalue weighted by Crippen LogP contribution is -2.26. The maximum atomic E-state index is 2.50. The molecule has 0 unspecified atom stereocenters. The molecule has 14 aromatic rings. The van der Waals surface area contributed by atoms with Gasteiger partial charge < -0.3 is 9.47 Å². The molecule has 2 aliphatic carbocycles. The number of benzene rings is 12. The van der Waals surface area contributed by atoms with Crippen LogP contribution < -0.4 is 4.90 Å². The Balaban J connectivity index is 0.870. The number of fused-ring (bicyclic) bond motifs is 16. The Bertz CT molecular complexity index is 4580. The van der Waals surface area contributed by atoms with E-state index in [1.54, 1.807) is 0 Å². The predicted octanol–water partition coefficient (Wildman–Crippen LogP) is 20.0. The van der Waals surface area contributed by atoms with E-state index >= 15 is 0 Å². The number of nitrogens with zero attached hydrogens (tertiary/aromatic N) is 2. The molecule has 3 heteroatoms. The summed E-state index contributed by atoms with van der Waals surface area (Å²) in [5, 5.41) is 5.10. The van der Waals surface area contributed by atoms with E-state index < -0.39 is 5.41 Å². The highest BCUT2D eigenvalue weighted by Crippen LogP contribution is 2.64. The number of rotatable bonds is 7. The summed E-state index contributed by atoms with van der Waals surface area (Å²) in [5.74, 6) is 0. The normalized spacial score (nSPS) is 12.8. The number of hydrogen-bond acceptors (Lipinski definition) is 2. The number of aromatic nitrogens is 1. The highest BCUT2D eigenvalue weighted by molar-refractivity contribution is 7.25. The van der Waals surface area contributed by atoms with Crippen LogP contribution in [-0.2, 0) is 5.41 Å². The van der Waals surface area contributed by atoms with Gasteiger partial charge in [0.05, 0.1) is 22.1 Å². The van der Waals surface area contributed by atoms with Gasteiger partial charge in [-0.05, 0) is 151 Å². The van der Waals surface area contributed by atoms with Crippen molar-refractivity contribution in [3.05, 3.63) is 301 Å². The van der Waals surface area contributed by atoms with Crippen molar-refractivity contribution < 1.29 is 0 Å². The molecule has 0 saturated heterocycles. The third-order valence-electron chi connectivity index (χ3n) is 16.4. The molecule has 16 rings (SSSR count). The van der Waals surface area contributed by atoms with Gasteiger partial charge in [-0.3, -0.25) is 0 Å². The van der Waals surface area contributed by atoms with E-state index in [1.165, 1.54) is 120 Å². The molecule has 0 fully saturated rings. The van der Waals surface area contributed by atoms with Crippen LogP contribution in [0.1, 0.15) is 22.3 Å².